The van der Waals surface area contributed by atoms with Crippen molar-refractivity contribution in [2.24, 2.45) is 11.7 Å². The van der Waals surface area contributed by atoms with Crippen molar-refractivity contribution in [2.75, 3.05) is 13.7 Å². The molecule has 4 nitrogen and oxygen atoms in total. The molecule has 1 atom stereocenters. The standard InChI is InChI=1S/C17H26N2O2/c1-21-15-9-6-13(7-10-15)8-11-17(20)19-16(12-18)14-4-2-3-5-14/h6-7,9-10,14,16H,2-5,8,11-12,18H2,1H3,(H,19,20). The average Bonchev–Trinajstić information content (AvgIpc) is 3.05. The lowest BCUT2D eigenvalue weighted by atomic mass is 9.98. The molecule has 3 N–H and O–H groups in total. The fraction of sp³-hybridized carbons (Fsp3) is 0.588. The number of ether oxygens (including phenoxy) is 1. The van der Waals surface area contributed by atoms with Gasteiger partial charge in [-0.3, -0.25) is 4.79 Å². The van der Waals surface area contributed by atoms with Crippen molar-refractivity contribution in [3.8, 4) is 5.75 Å². The molecule has 1 unspecified atom stereocenters. The highest BCUT2D eigenvalue weighted by atomic mass is 16.5. The van der Waals surface area contributed by atoms with Crippen LogP contribution in [0.1, 0.15) is 37.7 Å². The van der Waals surface area contributed by atoms with Crippen LogP contribution in [0.4, 0.5) is 0 Å². The summed E-state index contributed by atoms with van der Waals surface area (Å²) in [7, 11) is 1.65. The molecule has 1 aromatic rings. The number of amides is 1. The van der Waals surface area contributed by atoms with Gasteiger partial charge in [-0.2, -0.15) is 0 Å². The van der Waals surface area contributed by atoms with Crippen LogP contribution in [0.2, 0.25) is 0 Å². The zero-order chi connectivity index (χ0) is 15.1. The van der Waals surface area contributed by atoms with E-state index in [2.05, 4.69) is 5.32 Å². The number of rotatable bonds is 7. The molecule has 1 aliphatic rings. The minimum Gasteiger partial charge on any atom is -0.497 e. The van der Waals surface area contributed by atoms with Gasteiger partial charge in [0.15, 0.2) is 0 Å². The Morgan fingerprint density at radius 2 is 2.00 bits per heavy atom. The highest BCUT2D eigenvalue weighted by Gasteiger charge is 2.24. The normalized spacial score (nSPS) is 16.7. The van der Waals surface area contributed by atoms with Crippen LogP contribution >= 0.6 is 0 Å². The van der Waals surface area contributed by atoms with E-state index < -0.39 is 0 Å². The van der Waals surface area contributed by atoms with Gasteiger partial charge in [-0.15, -0.1) is 0 Å². The van der Waals surface area contributed by atoms with Crippen LogP contribution in [0.25, 0.3) is 0 Å². The molecule has 0 radical (unpaired) electrons. The monoisotopic (exact) mass is 290 g/mol. The number of nitrogens with two attached hydrogens (primary N) is 1. The Labute approximate surface area is 127 Å². The largest absolute Gasteiger partial charge is 0.497 e. The first-order valence-corrected chi connectivity index (χ1v) is 7.85. The van der Waals surface area contributed by atoms with Crippen molar-refractivity contribution in [2.45, 2.75) is 44.6 Å². The van der Waals surface area contributed by atoms with Gasteiger partial charge in [0.2, 0.25) is 5.91 Å². The fourth-order valence-corrected chi connectivity index (χ4v) is 3.06. The maximum Gasteiger partial charge on any atom is 0.220 e. The Morgan fingerprint density at radius 1 is 1.33 bits per heavy atom. The van der Waals surface area contributed by atoms with Crippen molar-refractivity contribution in [3.63, 3.8) is 0 Å². The summed E-state index contributed by atoms with van der Waals surface area (Å²) in [5.41, 5.74) is 6.96. The van der Waals surface area contributed by atoms with Crippen molar-refractivity contribution in [1.82, 2.24) is 5.32 Å². The van der Waals surface area contributed by atoms with Crippen molar-refractivity contribution in [3.05, 3.63) is 29.8 Å². The summed E-state index contributed by atoms with van der Waals surface area (Å²) in [6.45, 7) is 0.541. The zero-order valence-corrected chi connectivity index (χ0v) is 12.8. The highest BCUT2D eigenvalue weighted by molar-refractivity contribution is 5.76. The third-order valence-corrected chi connectivity index (χ3v) is 4.37. The molecule has 1 aromatic carbocycles. The highest BCUT2D eigenvalue weighted by Crippen LogP contribution is 2.27. The van der Waals surface area contributed by atoms with E-state index in [0.717, 1.165) is 17.7 Å². The van der Waals surface area contributed by atoms with Gasteiger partial charge in [0.1, 0.15) is 5.75 Å². The summed E-state index contributed by atoms with van der Waals surface area (Å²) in [6, 6.07) is 8.01. The first-order valence-electron chi connectivity index (χ1n) is 7.85. The number of carbonyl (C=O) groups excluding carboxylic acids is 1. The molecule has 1 fully saturated rings. The van der Waals surface area contributed by atoms with E-state index in [1.807, 2.05) is 24.3 Å². The Hall–Kier alpha value is -1.55. The molecule has 116 valence electrons. The Morgan fingerprint density at radius 3 is 2.57 bits per heavy atom. The second-order valence-electron chi connectivity index (χ2n) is 5.80. The van der Waals surface area contributed by atoms with E-state index in [1.54, 1.807) is 7.11 Å². The van der Waals surface area contributed by atoms with E-state index in [4.69, 9.17) is 10.5 Å². The lowest BCUT2D eigenvalue weighted by Gasteiger charge is -2.23. The topological polar surface area (TPSA) is 64.3 Å². The quantitative estimate of drug-likeness (QED) is 0.809. The molecule has 0 bridgehead atoms. The summed E-state index contributed by atoms with van der Waals surface area (Å²) in [5, 5.41) is 3.11. The molecule has 1 aliphatic carbocycles. The molecule has 0 heterocycles. The number of hydrogen-bond acceptors (Lipinski definition) is 3. The average molecular weight is 290 g/mol. The van der Waals surface area contributed by atoms with E-state index in [-0.39, 0.29) is 11.9 Å². The second kappa shape index (κ2) is 8.03. The van der Waals surface area contributed by atoms with Crippen LogP contribution in [0.3, 0.4) is 0 Å². The van der Waals surface area contributed by atoms with Gasteiger partial charge >= 0.3 is 0 Å². The van der Waals surface area contributed by atoms with Gasteiger partial charge in [0.05, 0.1) is 7.11 Å². The third kappa shape index (κ3) is 4.74. The molecule has 1 saturated carbocycles. The smallest absolute Gasteiger partial charge is 0.220 e. The van der Waals surface area contributed by atoms with Gasteiger partial charge in [-0.25, -0.2) is 0 Å². The Balaban J connectivity index is 1.77. The van der Waals surface area contributed by atoms with Gasteiger partial charge in [0, 0.05) is 19.0 Å². The lowest BCUT2D eigenvalue weighted by Crippen LogP contribution is -2.44. The van der Waals surface area contributed by atoms with Gasteiger partial charge in [0.25, 0.3) is 0 Å². The van der Waals surface area contributed by atoms with Gasteiger partial charge in [-0.05, 0) is 42.9 Å². The minimum atomic E-state index is 0.105. The summed E-state index contributed by atoms with van der Waals surface area (Å²) in [4.78, 5) is 12.1. The van der Waals surface area contributed by atoms with E-state index >= 15 is 0 Å². The maximum atomic E-state index is 12.1. The number of nitrogens with one attached hydrogen (secondary N) is 1. The molecule has 0 spiro atoms. The minimum absolute atomic E-state index is 0.105. The zero-order valence-electron chi connectivity index (χ0n) is 12.8. The van der Waals surface area contributed by atoms with Crippen LogP contribution < -0.4 is 15.8 Å². The Kier molecular flexibility index (Phi) is 6.05. The summed E-state index contributed by atoms with van der Waals surface area (Å²) in [6.07, 6.45) is 6.18. The predicted octanol–water partition coefficient (Wildman–Crippen LogP) is 2.26. The van der Waals surface area contributed by atoms with Crippen LogP contribution in [0.15, 0.2) is 24.3 Å². The molecule has 1 amide bonds. The lowest BCUT2D eigenvalue weighted by molar-refractivity contribution is -0.122. The first kappa shape index (κ1) is 15.8. The summed E-state index contributed by atoms with van der Waals surface area (Å²) < 4.78 is 5.13. The molecule has 2 rings (SSSR count). The van der Waals surface area contributed by atoms with Crippen LogP contribution in [0.5, 0.6) is 5.75 Å². The predicted molar refractivity (Wildman–Crippen MR) is 84.3 cm³/mol. The maximum absolute atomic E-state index is 12.1. The van der Waals surface area contributed by atoms with Crippen molar-refractivity contribution in [1.29, 1.82) is 0 Å². The molecule has 0 saturated heterocycles. The van der Waals surface area contributed by atoms with Gasteiger partial charge < -0.3 is 15.8 Å². The van der Waals surface area contributed by atoms with E-state index in [1.165, 1.54) is 25.7 Å². The molecule has 0 aromatic heterocycles. The van der Waals surface area contributed by atoms with Crippen molar-refractivity contribution >= 4 is 5.91 Å². The number of methoxy groups -OCH3 is 1. The molecule has 4 heteroatoms. The fourth-order valence-electron chi connectivity index (χ4n) is 3.06. The number of aryl methyl sites for hydroxylation is 1. The molecule has 0 aliphatic heterocycles. The number of hydrogen-bond donors (Lipinski definition) is 2. The second-order valence-corrected chi connectivity index (χ2v) is 5.80. The summed E-state index contributed by atoms with van der Waals surface area (Å²) >= 11 is 0. The summed E-state index contributed by atoms with van der Waals surface area (Å²) in [5.74, 6) is 1.51. The van der Waals surface area contributed by atoms with Crippen LogP contribution in [-0.4, -0.2) is 25.6 Å². The van der Waals surface area contributed by atoms with Crippen molar-refractivity contribution < 1.29 is 9.53 Å². The number of benzene rings is 1. The molecular formula is C17H26N2O2. The van der Waals surface area contributed by atoms with Crippen LogP contribution in [0, 0.1) is 5.92 Å². The first-order chi connectivity index (χ1) is 10.2. The van der Waals surface area contributed by atoms with Gasteiger partial charge in [-0.1, -0.05) is 25.0 Å². The number of carbonyl (C=O) groups is 1. The third-order valence-electron chi connectivity index (χ3n) is 4.37. The molecule has 21 heavy (non-hydrogen) atoms. The van der Waals surface area contributed by atoms with E-state index in [0.29, 0.717) is 18.9 Å². The SMILES string of the molecule is COc1ccc(CCC(=O)NC(CN)C2CCCC2)cc1. The molecular weight excluding hydrogens is 264 g/mol. The van der Waals surface area contributed by atoms with E-state index in [9.17, 15) is 4.79 Å². The van der Waals surface area contributed by atoms with Crippen LogP contribution in [-0.2, 0) is 11.2 Å². The Bertz CT molecular complexity index is 439.